The van der Waals surface area contributed by atoms with Gasteiger partial charge in [-0.1, -0.05) is 90.1 Å². The number of nitrogens with zero attached hydrogens (tertiary/aromatic N) is 8. The number of halogens is 1. The van der Waals surface area contributed by atoms with E-state index in [1.54, 1.807) is 101 Å². The normalized spacial score (nSPS) is 15.3. The van der Waals surface area contributed by atoms with E-state index >= 15 is 0 Å². The fraction of sp³-hybridized carbons (Fsp3) is 0.308. The van der Waals surface area contributed by atoms with Crippen LogP contribution in [0.2, 0.25) is 0 Å². The molecular formula is C52H64BBrN8O6PdS2. The van der Waals surface area contributed by atoms with Gasteiger partial charge in [-0.15, -0.1) is 5.47 Å². The van der Waals surface area contributed by atoms with Gasteiger partial charge in [0.1, 0.15) is 7.85 Å². The molecule has 0 fully saturated rings. The van der Waals surface area contributed by atoms with Gasteiger partial charge in [-0.05, 0) is 114 Å². The maximum absolute atomic E-state index is 13.4. The second kappa shape index (κ2) is 25.9. The molecule has 0 aliphatic heterocycles. The first-order valence-electron chi connectivity index (χ1n) is 22.2. The van der Waals surface area contributed by atoms with Crippen molar-refractivity contribution >= 4 is 71.5 Å². The average molecular weight is 1160 g/mol. The van der Waals surface area contributed by atoms with Gasteiger partial charge in [0.05, 0.1) is 22.2 Å². The SMILES string of the molecule is C.C.CCC1CC=C(c2cnc3c(c2)c(-c2cnn(C)c2)cn3S(=O)(=O)c2ccccc2)CC1.Cn1cc(-c2cn(S(=O)(=O)c3ccccc3)c3ncc(Br)cc23)cn1.O.O.[B]C1=CCC(CC)CC1.[Pd]. The van der Waals surface area contributed by atoms with Gasteiger partial charge < -0.3 is 11.0 Å². The molecule has 71 heavy (non-hydrogen) atoms. The number of hydrogen-bond acceptors (Lipinski definition) is 8. The van der Waals surface area contributed by atoms with Crippen molar-refractivity contribution in [2.24, 2.45) is 25.9 Å². The van der Waals surface area contributed by atoms with E-state index in [1.807, 2.05) is 38.8 Å². The summed E-state index contributed by atoms with van der Waals surface area (Å²) in [5.41, 5.74) is 7.52. The van der Waals surface area contributed by atoms with Crippen LogP contribution in [0.1, 0.15) is 85.6 Å². The first-order valence-corrected chi connectivity index (χ1v) is 25.8. The maximum Gasteiger partial charge on any atom is 0.269 e. The van der Waals surface area contributed by atoms with Crippen molar-refractivity contribution in [1.29, 1.82) is 0 Å². The molecule has 0 amide bonds. The molecule has 2 atom stereocenters. The van der Waals surface area contributed by atoms with Crippen molar-refractivity contribution < 1.29 is 48.2 Å². The number of allylic oxidation sites excluding steroid dienone is 4. The van der Waals surface area contributed by atoms with Crippen LogP contribution in [-0.2, 0) is 54.6 Å². The van der Waals surface area contributed by atoms with E-state index in [0.29, 0.717) is 11.3 Å². The van der Waals surface area contributed by atoms with E-state index in [9.17, 15) is 16.8 Å². The summed E-state index contributed by atoms with van der Waals surface area (Å²) >= 11 is 3.41. The zero-order valence-electron chi connectivity index (χ0n) is 38.8. The number of hydrogen-bond donors (Lipinski definition) is 0. The molecule has 0 saturated heterocycles. The van der Waals surface area contributed by atoms with Crippen LogP contribution in [0.15, 0.2) is 154 Å². The molecule has 2 aliphatic carbocycles. The zero-order valence-corrected chi connectivity index (χ0v) is 43.6. The van der Waals surface area contributed by atoms with Gasteiger partial charge in [-0.3, -0.25) is 9.36 Å². The van der Waals surface area contributed by atoms with E-state index in [2.05, 4.69) is 68.2 Å². The minimum Gasteiger partial charge on any atom is -0.412 e. The summed E-state index contributed by atoms with van der Waals surface area (Å²) in [6.07, 6.45) is 27.8. The second-order valence-corrected chi connectivity index (χ2v) is 21.4. The molecule has 380 valence electrons. The molecule has 14 nitrogen and oxygen atoms in total. The summed E-state index contributed by atoms with van der Waals surface area (Å²) in [6.45, 7) is 4.49. The first kappa shape index (κ1) is 60.1. The molecule has 8 aromatic rings. The van der Waals surface area contributed by atoms with Crippen molar-refractivity contribution in [1.82, 2.24) is 37.5 Å². The number of rotatable bonds is 9. The van der Waals surface area contributed by atoms with Gasteiger partial charge in [0.15, 0.2) is 11.3 Å². The summed E-state index contributed by atoms with van der Waals surface area (Å²) in [4.78, 5) is 9.45. The van der Waals surface area contributed by atoms with Crippen LogP contribution in [0.4, 0.5) is 0 Å². The van der Waals surface area contributed by atoms with Crippen molar-refractivity contribution in [2.45, 2.75) is 89.9 Å². The quantitative estimate of drug-likeness (QED) is 0.127. The molecule has 19 heteroatoms. The van der Waals surface area contributed by atoms with Gasteiger partial charge in [-0.25, -0.2) is 34.7 Å². The number of benzene rings is 2. The Bertz CT molecular complexity index is 3300. The van der Waals surface area contributed by atoms with Crippen LogP contribution in [0.5, 0.6) is 0 Å². The minimum atomic E-state index is -3.78. The minimum absolute atomic E-state index is 0. The predicted molar refractivity (Wildman–Crippen MR) is 287 cm³/mol. The zero-order chi connectivity index (χ0) is 46.6. The fourth-order valence-corrected chi connectivity index (χ4v) is 11.5. The van der Waals surface area contributed by atoms with Crippen molar-refractivity contribution in [3.63, 3.8) is 0 Å². The molecule has 6 heterocycles. The topological polar surface area (TPSA) is 203 Å². The second-order valence-electron chi connectivity index (χ2n) is 16.8. The van der Waals surface area contributed by atoms with Gasteiger partial charge in [-0.2, -0.15) is 10.2 Å². The Kier molecular flexibility index (Phi) is 21.9. The summed E-state index contributed by atoms with van der Waals surface area (Å²) in [6, 6.07) is 20.7. The third-order valence-corrected chi connectivity index (χ3v) is 16.2. The monoisotopic (exact) mass is 1160 g/mol. The Hall–Kier alpha value is -5.25. The van der Waals surface area contributed by atoms with E-state index in [-0.39, 0.29) is 56.0 Å². The summed E-state index contributed by atoms with van der Waals surface area (Å²) in [7, 11) is 1.75. The van der Waals surface area contributed by atoms with Gasteiger partial charge in [0.25, 0.3) is 20.0 Å². The Balaban J connectivity index is 0.000000306. The van der Waals surface area contributed by atoms with E-state index in [1.165, 1.54) is 45.6 Å². The largest absolute Gasteiger partial charge is 0.412 e. The molecule has 2 unspecified atom stereocenters. The number of aryl methyl sites for hydroxylation is 2. The van der Waals surface area contributed by atoms with Crippen LogP contribution in [-0.4, -0.2) is 73.1 Å². The molecule has 2 aliphatic rings. The summed E-state index contributed by atoms with van der Waals surface area (Å²) in [5.74, 6) is 1.66. The molecule has 0 bridgehead atoms. The van der Waals surface area contributed by atoms with Crippen LogP contribution in [0.3, 0.4) is 0 Å². The van der Waals surface area contributed by atoms with Gasteiger partial charge in [0, 0.05) is 109 Å². The van der Waals surface area contributed by atoms with Gasteiger partial charge in [0.2, 0.25) is 0 Å². The Morgan fingerprint density at radius 1 is 0.620 bits per heavy atom. The van der Waals surface area contributed by atoms with Crippen molar-refractivity contribution in [3.8, 4) is 22.3 Å². The van der Waals surface area contributed by atoms with Crippen LogP contribution in [0.25, 0.3) is 49.9 Å². The van der Waals surface area contributed by atoms with Crippen LogP contribution in [0, 0.1) is 11.8 Å². The molecular weight excluding hydrogens is 1090 g/mol. The molecule has 10 rings (SSSR count). The first-order chi connectivity index (χ1) is 31.8. The third kappa shape index (κ3) is 13.2. The average Bonchev–Trinajstić information content (AvgIpc) is 4.15. The predicted octanol–water partition coefficient (Wildman–Crippen LogP) is 10.6. The van der Waals surface area contributed by atoms with Crippen LogP contribution >= 0.6 is 15.9 Å². The number of pyridine rings is 2. The Morgan fingerprint density at radius 2 is 1.07 bits per heavy atom. The fourth-order valence-electron chi connectivity index (χ4n) is 8.47. The van der Waals surface area contributed by atoms with E-state index in [4.69, 9.17) is 7.85 Å². The standard InChI is InChI=1S/C25H26N4O2S.C17H13BrN4O2S.C8H13B.2CH4.2H2O.Pd/c1-3-18-9-11-19(12-10-18)20-13-23-24(21-15-27-28(2)16-21)17-29(25(23)26-14-20)32(30,31)22-7-5-4-6-8-22;1-21-10-12(8-20-21)16-11-22(17-15(16)7-13(18)9-19-17)25(23,24)14-5-3-2-4-6-14;1-2-7-3-5-8(9)6-4-7;;;;;/h4-8,11,13-18H,3,9-10,12H2,1-2H3;2-11H,1H3;5,7H,2-4,6H2,1H3;2*1H4;2*1H2;. The molecule has 0 spiro atoms. The van der Waals surface area contributed by atoms with Crippen molar-refractivity contribution in [2.75, 3.05) is 0 Å². The molecule has 6 aromatic heterocycles. The Morgan fingerprint density at radius 3 is 1.48 bits per heavy atom. The Labute approximate surface area is 442 Å². The van der Waals surface area contributed by atoms with Gasteiger partial charge >= 0.3 is 0 Å². The molecule has 2 radical (unpaired) electrons. The summed E-state index contributed by atoms with van der Waals surface area (Å²) in [5, 5.41) is 10.0. The molecule has 0 saturated carbocycles. The smallest absolute Gasteiger partial charge is 0.269 e. The van der Waals surface area contributed by atoms with Crippen molar-refractivity contribution in [3.05, 3.63) is 150 Å². The third-order valence-electron chi connectivity index (χ3n) is 12.4. The molecule has 4 N–H and O–H groups in total. The number of aromatic nitrogens is 8. The summed E-state index contributed by atoms with van der Waals surface area (Å²) < 4.78 is 59.7. The van der Waals surface area contributed by atoms with Crippen LogP contribution < -0.4 is 0 Å². The van der Waals surface area contributed by atoms with E-state index in [0.717, 1.165) is 79.6 Å². The van der Waals surface area contributed by atoms with E-state index < -0.39 is 20.0 Å². The molecule has 2 aromatic carbocycles. The maximum atomic E-state index is 13.4. The number of fused-ring (bicyclic) bond motifs is 2.